The fraction of sp³-hybridized carbons (Fsp3) is 0.200. The van der Waals surface area contributed by atoms with Crippen molar-refractivity contribution in [3.63, 3.8) is 0 Å². The smallest absolute Gasteiger partial charge is 0.196 e. The fourth-order valence-corrected chi connectivity index (χ4v) is 3.08. The quantitative estimate of drug-likeness (QED) is 0.387. The van der Waals surface area contributed by atoms with Crippen LogP contribution in [0.5, 0.6) is 11.5 Å². The Morgan fingerprint density at radius 3 is 2.83 bits per heavy atom. The maximum Gasteiger partial charge on any atom is 0.196 e. The molecule has 0 atom stereocenters. The van der Waals surface area contributed by atoms with Crippen LogP contribution in [0.2, 0.25) is 0 Å². The number of aromatic hydroxyl groups is 1. The molecular weight excluding hydrogens is 374 g/mol. The molecular formula is C20H19N5O4. The summed E-state index contributed by atoms with van der Waals surface area (Å²) in [5.41, 5.74) is 8.64. The molecule has 4 heterocycles. The van der Waals surface area contributed by atoms with Crippen LogP contribution in [0, 0.1) is 6.92 Å². The number of aryl methyl sites for hydroxylation is 1. The second-order valence-electron chi connectivity index (χ2n) is 6.70. The number of nitrogens with zero attached hydrogens (tertiary/aromatic N) is 3. The van der Waals surface area contributed by atoms with Gasteiger partial charge in [0, 0.05) is 17.7 Å². The van der Waals surface area contributed by atoms with Crippen molar-refractivity contribution in [3.8, 4) is 11.5 Å². The number of fused-ring (bicyclic) bond motifs is 3. The number of allylic oxidation sites excluding steroid dienone is 1. The minimum absolute atomic E-state index is 0.0350. The van der Waals surface area contributed by atoms with E-state index >= 15 is 0 Å². The average Bonchev–Trinajstić information content (AvgIpc) is 3.08. The van der Waals surface area contributed by atoms with Gasteiger partial charge in [-0.2, -0.15) is 0 Å². The highest BCUT2D eigenvalue weighted by atomic mass is 16.5. The molecule has 3 aromatic heterocycles. The van der Waals surface area contributed by atoms with Crippen molar-refractivity contribution in [3.05, 3.63) is 58.0 Å². The molecule has 1 aliphatic heterocycles. The summed E-state index contributed by atoms with van der Waals surface area (Å²) in [5.74, 6) is 1.49. The number of aromatic amines is 1. The zero-order chi connectivity index (χ0) is 20.5. The molecule has 0 saturated carbocycles. The first-order chi connectivity index (χ1) is 13.9. The van der Waals surface area contributed by atoms with Gasteiger partial charge in [-0.05, 0) is 25.8 Å². The van der Waals surface area contributed by atoms with Gasteiger partial charge in [0.1, 0.15) is 46.7 Å². The Hall–Kier alpha value is -3.88. The van der Waals surface area contributed by atoms with Crippen LogP contribution >= 0.6 is 0 Å². The molecule has 0 unspecified atom stereocenters. The minimum Gasteiger partial charge on any atom is -0.507 e. The normalized spacial score (nSPS) is 13.1. The molecule has 148 valence electrons. The molecule has 0 saturated heterocycles. The largest absolute Gasteiger partial charge is 0.507 e. The van der Waals surface area contributed by atoms with Crippen LogP contribution in [0.25, 0.3) is 22.1 Å². The lowest BCUT2D eigenvalue weighted by molar-refractivity contribution is 0.349. The molecule has 9 heteroatoms. The lowest BCUT2D eigenvalue weighted by Crippen LogP contribution is -2.04. The predicted molar refractivity (Wildman–Crippen MR) is 108 cm³/mol. The van der Waals surface area contributed by atoms with E-state index in [2.05, 4.69) is 19.9 Å². The Morgan fingerprint density at radius 2 is 2.03 bits per heavy atom. The summed E-state index contributed by atoms with van der Waals surface area (Å²) < 4.78 is 11.1. The number of hydrogen-bond acceptors (Lipinski definition) is 8. The first kappa shape index (κ1) is 18.5. The van der Waals surface area contributed by atoms with E-state index < -0.39 is 0 Å². The third-order valence-corrected chi connectivity index (χ3v) is 4.54. The zero-order valence-electron chi connectivity index (χ0n) is 15.9. The number of anilines is 1. The molecule has 0 fully saturated rings. The van der Waals surface area contributed by atoms with Gasteiger partial charge in [0.2, 0.25) is 0 Å². The second kappa shape index (κ2) is 7.27. The molecule has 0 amide bonds. The minimum atomic E-state index is -0.232. The van der Waals surface area contributed by atoms with Crippen molar-refractivity contribution < 1.29 is 14.3 Å². The van der Waals surface area contributed by atoms with Crippen molar-refractivity contribution in [2.24, 2.45) is 0 Å². The van der Waals surface area contributed by atoms with E-state index in [0.29, 0.717) is 52.7 Å². The number of nitrogens with two attached hydrogens (primary N) is 1. The van der Waals surface area contributed by atoms with E-state index in [0.717, 1.165) is 5.57 Å². The highest BCUT2D eigenvalue weighted by Gasteiger charge is 2.19. The van der Waals surface area contributed by atoms with Crippen LogP contribution in [0.15, 0.2) is 45.6 Å². The zero-order valence-corrected chi connectivity index (χ0v) is 15.9. The Labute approximate surface area is 164 Å². The number of hydrogen-bond donors (Lipinski definition) is 3. The lowest BCUT2D eigenvalue weighted by atomic mass is 10.0. The monoisotopic (exact) mass is 393 g/mol. The van der Waals surface area contributed by atoms with Gasteiger partial charge in [-0.25, -0.2) is 15.0 Å². The highest BCUT2D eigenvalue weighted by molar-refractivity contribution is 5.87. The van der Waals surface area contributed by atoms with Crippen LogP contribution < -0.4 is 15.9 Å². The molecule has 0 spiro atoms. The molecule has 0 aliphatic carbocycles. The van der Waals surface area contributed by atoms with Gasteiger partial charge in [0.05, 0.1) is 6.33 Å². The Bertz CT molecular complexity index is 1310. The predicted octanol–water partition coefficient (Wildman–Crippen LogP) is 2.62. The van der Waals surface area contributed by atoms with E-state index in [9.17, 15) is 9.90 Å². The van der Waals surface area contributed by atoms with E-state index in [1.54, 1.807) is 13.0 Å². The second-order valence-corrected chi connectivity index (χ2v) is 6.70. The SMILES string of the molecule is CC1=CCc2c(cc3oc(C)cc(=O)c3c2O)OC1.Nc1ncnc2nc[nH]c12. The fourth-order valence-electron chi connectivity index (χ4n) is 3.08. The van der Waals surface area contributed by atoms with Crippen LogP contribution in [0.4, 0.5) is 5.82 Å². The standard InChI is InChI=1S/C15H14O4.C5H5N5/c1-8-3-4-10-12(18-7-8)6-13-14(15(10)17)11(16)5-9(2)19-13;6-4-3-5(9-1-7-3)10-2-8-4/h3,5-6,17H,4,7H2,1-2H3;1-2H,(H3,6,7,8,9,10). The number of nitrogen functional groups attached to an aromatic ring is 1. The van der Waals surface area contributed by atoms with Crippen molar-refractivity contribution in [1.82, 2.24) is 19.9 Å². The Morgan fingerprint density at radius 1 is 1.21 bits per heavy atom. The number of imidazole rings is 1. The van der Waals surface area contributed by atoms with Gasteiger partial charge in [0.25, 0.3) is 0 Å². The molecule has 4 N–H and O–H groups in total. The van der Waals surface area contributed by atoms with E-state index in [-0.39, 0.29) is 16.6 Å². The number of benzene rings is 1. The molecule has 29 heavy (non-hydrogen) atoms. The first-order valence-electron chi connectivity index (χ1n) is 8.91. The van der Waals surface area contributed by atoms with Crippen LogP contribution in [0.3, 0.4) is 0 Å². The van der Waals surface area contributed by atoms with E-state index in [4.69, 9.17) is 14.9 Å². The molecule has 4 aromatic rings. The van der Waals surface area contributed by atoms with Crippen molar-refractivity contribution in [1.29, 1.82) is 0 Å². The summed E-state index contributed by atoms with van der Waals surface area (Å²) in [6.07, 6.45) is 5.47. The van der Waals surface area contributed by atoms with E-state index in [1.165, 1.54) is 18.7 Å². The molecule has 9 nitrogen and oxygen atoms in total. The average molecular weight is 393 g/mol. The van der Waals surface area contributed by atoms with Gasteiger partial charge in [-0.1, -0.05) is 6.08 Å². The lowest BCUT2D eigenvalue weighted by Gasteiger charge is -2.11. The van der Waals surface area contributed by atoms with Gasteiger partial charge >= 0.3 is 0 Å². The Kier molecular flexibility index (Phi) is 4.63. The summed E-state index contributed by atoms with van der Waals surface area (Å²) in [6, 6.07) is 3.07. The number of rotatable bonds is 0. The molecule has 0 bridgehead atoms. The molecule has 5 rings (SSSR count). The van der Waals surface area contributed by atoms with Gasteiger partial charge in [-0.15, -0.1) is 0 Å². The summed E-state index contributed by atoms with van der Waals surface area (Å²) in [6.45, 7) is 4.15. The van der Waals surface area contributed by atoms with Gasteiger partial charge < -0.3 is 25.0 Å². The Balaban J connectivity index is 0.000000171. The summed E-state index contributed by atoms with van der Waals surface area (Å²) in [4.78, 5) is 26.3. The van der Waals surface area contributed by atoms with Crippen LogP contribution in [-0.4, -0.2) is 31.6 Å². The van der Waals surface area contributed by atoms with Crippen molar-refractivity contribution in [2.45, 2.75) is 20.3 Å². The number of H-pyrrole nitrogens is 1. The summed E-state index contributed by atoms with van der Waals surface area (Å²) in [7, 11) is 0. The summed E-state index contributed by atoms with van der Waals surface area (Å²) >= 11 is 0. The van der Waals surface area contributed by atoms with Crippen LogP contribution in [0.1, 0.15) is 18.2 Å². The topological polar surface area (TPSA) is 140 Å². The number of phenolic OH excluding ortho intramolecular Hbond substituents is 1. The van der Waals surface area contributed by atoms with Crippen molar-refractivity contribution >= 4 is 28.0 Å². The molecule has 0 radical (unpaired) electrons. The molecule has 1 aromatic carbocycles. The maximum atomic E-state index is 12.0. The number of ether oxygens (including phenoxy) is 1. The summed E-state index contributed by atoms with van der Waals surface area (Å²) in [5, 5.41) is 10.5. The van der Waals surface area contributed by atoms with Crippen molar-refractivity contribution in [2.75, 3.05) is 12.3 Å². The number of aromatic nitrogens is 4. The first-order valence-corrected chi connectivity index (χ1v) is 8.91. The maximum absolute atomic E-state index is 12.0. The number of phenols is 1. The van der Waals surface area contributed by atoms with E-state index in [1.807, 2.05) is 13.0 Å². The van der Waals surface area contributed by atoms with Gasteiger partial charge in [0.15, 0.2) is 16.9 Å². The third kappa shape index (κ3) is 3.49. The van der Waals surface area contributed by atoms with Gasteiger partial charge in [-0.3, -0.25) is 4.79 Å². The third-order valence-electron chi connectivity index (χ3n) is 4.54. The highest BCUT2D eigenvalue weighted by Crippen LogP contribution is 2.36. The molecule has 1 aliphatic rings. The van der Waals surface area contributed by atoms with Crippen LogP contribution in [-0.2, 0) is 6.42 Å². The number of nitrogens with one attached hydrogen (secondary N) is 1.